The van der Waals surface area contributed by atoms with E-state index in [2.05, 4.69) is 15.6 Å². The maximum atomic E-state index is 14.9. The highest BCUT2D eigenvalue weighted by Crippen LogP contribution is 2.48. The molecule has 14 nitrogen and oxygen atoms in total. The number of fused-ring (bicyclic) bond motifs is 3. The van der Waals surface area contributed by atoms with Crippen molar-refractivity contribution < 1.29 is 63.8 Å². The van der Waals surface area contributed by atoms with Gasteiger partial charge in [-0.2, -0.15) is 13.2 Å². The van der Waals surface area contributed by atoms with E-state index in [0.717, 1.165) is 11.0 Å². The fourth-order valence-electron chi connectivity index (χ4n) is 7.49. The minimum Gasteiger partial charge on any atom is -0.494 e. The lowest BCUT2D eigenvalue weighted by atomic mass is 9.88. The van der Waals surface area contributed by atoms with Crippen molar-refractivity contribution in [1.82, 2.24) is 25.2 Å². The Hall–Kier alpha value is -4.75. The second kappa shape index (κ2) is 15.4. The molecular formula is C38H46F5N5O9S. The molecule has 0 bridgehead atoms. The number of aromatic nitrogens is 1. The first-order valence-electron chi connectivity index (χ1n) is 18.9. The molecule has 0 spiro atoms. The maximum Gasteiger partial charge on any atom is 0.427 e. The molecule has 2 saturated carbocycles. The molecule has 2 aliphatic heterocycles. The highest BCUT2D eigenvalue weighted by Gasteiger charge is 2.64. The number of allylic oxidation sites excluding steroid dienone is 1. The zero-order valence-corrected chi connectivity index (χ0v) is 33.3. The second-order valence-corrected chi connectivity index (χ2v) is 18.2. The van der Waals surface area contributed by atoms with Crippen LogP contribution in [0.25, 0.3) is 10.8 Å². The average molecular weight is 844 g/mol. The largest absolute Gasteiger partial charge is 0.494 e. The summed E-state index contributed by atoms with van der Waals surface area (Å²) in [5, 5.41) is 3.02. The number of alkyl carbamates (subject to hydrolysis) is 1. The molecule has 0 unspecified atom stereocenters. The molecule has 4 aliphatic rings. The number of amides is 4. The van der Waals surface area contributed by atoms with Gasteiger partial charge >= 0.3 is 12.3 Å². The van der Waals surface area contributed by atoms with Gasteiger partial charge < -0.3 is 29.7 Å². The van der Waals surface area contributed by atoms with Crippen LogP contribution in [0.2, 0.25) is 0 Å². The van der Waals surface area contributed by atoms with Gasteiger partial charge in [-0.25, -0.2) is 31.7 Å². The fourth-order valence-corrected chi connectivity index (χ4v) is 8.74. The van der Waals surface area contributed by atoms with E-state index < -0.39 is 92.0 Å². The van der Waals surface area contributed by atoms with Gasteiger partial charge in [-0.1, -0.05) is 26.0 Å². The van der Waals surface area contributed by atoms with Crippen molar-refractivity contribution >= 4 is 44.6 Å². The van der Waals surface area contributed by atoms with Crippen molar-refractivity contribution in [1.29, 1.82) is 0 Å². The summed E-state index contributed by atoms with van der Waals surface area (Å²) in [4.78, 5) is 61.1. The smallest absolute Gasteiger partial charge is 0.427 e. The van der Waals surface area contributed by atoms with Gasteiger partial charge in [0.1, 0.15) is 23.7 Å². The number of alkyl halides is 4. The third-order valence-electron chi connectivity index (χ3n) is 11.4. The molecule has 3 heterocycles. The minimum absolute atomic E-state index is 0.0457. The minimum atomic E-state index is -4.96. The molecule has 1 saturated heterocycles. The van der Waals surface area contributed by atoms with Gasteiger partial charge in [0, 0.05) is 36.8 Å². The summed E-state index contributed by atoms with van der Waals surface area (Å²) in [6, 6.07) is 1.15. The van der Waals surface area contributed by atoms with E-state index in [0.29, 0.717) is 38.5 Å². The molecular weight excluding hydrogens is 798 g/mol. The number of carbonyl (C=O) groups is 4. The number of nitrogens with one attached hydrogen (secondary N) is 3. The number of hydrogen-bond donors (Lipinski definition) is 3. The molecule has 6 rings (SSSR count). The van der Waals surface area contributed by atoms with Crippen LogP contribution in [0, 0.1) is 23.6 Å². The topological polar surface area (TPSA) is 182 Å². The van der Waals surface area contributed by atoms with E-state index in [1.54, 1.807) is 29.9 Å². The van der Waals surface area contributed by atoms with Crippen LogP contribution in [0.1, 0.15) is 72.6 Å². The van der Waals surface area contributed by atoms with Crippen LogP contribution >= 0.6 is 0 Å². The molecule has 2 aliphatic carbocycles. The summed E-state index contributed by atoms with van der Waals surface area (Å²) >= 11 is 0. The Morgan fingerprint density at radius 3 is 2.47 bits per heavy atom. The first-order valence-corrected chi connectivity index (χ1v) is 20.4. The van der Waals surface area contributed by atoms with Gasteiger partial charge in [0.25, 0.3) is 15.9 Å². The summed E-state index contributed by atoms with van der Waals surface area (Å²) in [5.41, 5.74) is -4.78. The van der Waals surface area contributed by atoms with Crippen molar-refractivity contribution in [3.05, 3.63) is 42.4 Å². The number of methoxy groups -OCH3 is 1. The molecule has 4 amide bonds. The maximum absolute atomic E-state index is 14.9. The van der Waals surface area contributed by atoms with Crippen molar-refractivity contribution in [3.8, 4) is 11.6 Å². The Morgan fingerprint density at radius 2 is 1.81 bits per heavy atom. The first kappa shape index (κ1) is 42.8. The van der Waals surface area contributed by atoms with Crippen molar-refractivity contribution in [2.24, 2.45) is 17.8 Å². The van der Waals surface area contributed by atoms with Gasteiger partial charge in [0.2, 0.25) is 28.3 Å². The monoisotopic (exact) mass is 843 g/mol. The van der Waals surface area contributed by atoms with Gasteiger partial charge in [-0.05, 0) is 75.0 Å². The van der Waals surface area contributed by atoms with E-state index in [1.165, 1.54) is 19.4 Å². The molecule has 20 heteroatoms. The predicted octanol–water partition coefficient (Wildman–Crippen LogP) is 4.96. The van der Waals surface area contributed by atoms with E-state index in [1.807, 2.05) is 6.92 Å². The third kappa shape index (κ3) is 8.52. The van der Waals surface area contributed by atoms with Crippen LogP contribution in [0.15, 0.2) is 36.5 Å². The molecule has 0 radical (unpaired) electrons. The number of benzene rings is 1. The first-order chi connectivity index (χ1) is 27.0. The standard InChI is InChI=1S/C38H46F5N5O9S/c1-20-8-6-7-9-23-18-37(23,33(51)47-58(53,54)36(40)11-12-36)46-30(49)27-16-24(56-31-25-17-26(39)28(55-5)15-22(25)10-13-44-31)19-48(27)32(50)29(21(2)14-20)45-34(52)57-35(3,4)38(41,42)43/h7,9-10,13,15,17,20-21,23-24,27,29H,6,8,11-12,14,16,18-19H2,1-5H3,(H,45,52)(H,46,49)(H,47,51)/b9-7-/t20-,21-,23+,24-,27+,29+,37-/m1/s1. The quantitative estimate of drug-likeness (QED) is 0.243. The van der Waals surface area contributed by atoms with E-state index in [4.69, 9.17) is 14.2 Å². The highest BCUT2D eigenvalue weighted by molar-refractivity contribution is 7.91. The van der Waals surface area contributed by atoms with Gasteiger partial charge in [0.15, 0.2) is 11.6 Å². The summed E-state index contributed by atoms with van der Waals surface area (Å²) in [7, 11) is -3.48. The Bertz CT molecular complexity index is 2110. The lowest BCUT2D eigenvalue weighted by molar-refractivity contribution is -0.244. The lowest BCUT2D eigenvalue weighted by Crippen LogP contribution is -2.59. The summed E-state index contributed by atoms with van der Waals surface area (Å²) in [6.07, 6.45) is -2.35. The molecule has 3 N–H and O–H groups in total. The van der Waals surface area contributed by atoms with Crippen LogP contribution in [0.4, 0.5) is 26.7 Å². The zero-order valence-electron chi connectivity index (χ0n) is 32.5. The highest BCUT2D eigenvalue weighted by atomic mass is 32.2. The average Bonchev–Trinajstić information content (AvgIpc) is 4.01. The molecule has 1 aromatic carbocycles. The number of sulfonamides is 1. The van der Waals surface area contributed by atoms with Crippen LogP contribution in [0.3, 0.4) is 0 Å². The van der Waals surface area contributed by atoms with Gasteiger partial charge in [-0.3, -0.25) is 14.4 Å². The van der Waals surface area contributed by atoms with E-state index in [-0.39, 0.29) is 55.2 Å². The molecule has 3 fully saturated rings. The Balaban J connectivity index is 1.36. The number of nitrogens with zero attached hydrogens (tertiary/aromatic N) is 2. The Morgan fingerprint density at radius 1 is 1.10 bits per heavy atom. The van der Waals surface area contributed by atoms with Crippen LogP contribution < -0.4 is 24.8 Å². The summed E-state index contributed by atoms with van der Waals surface area (Å²) in [5.74, 6) is -5.34. The molecule has 2 aromatic rings. The van der Waals surface area contributed by atoms with Crippen molar-refractivity contribution in [3.63, 3.8) is 0 Å². The SMILES string of the molecule is COc1cc2ccnc(O[C@@H]3C[C@H]4C(=O)N[C@]5(C(=O)NS(=O)(=O)C6(F)CC6)C[C@@H]5/C=C\CC[C@@H](C)C[C@@H](C)[C@H](NC(=O)OC(C)(C)C(F)(F)F)C(=O)N4C3)c2cc1F. The summed E-state index contributed by atoms with van der Waals surface area (Å²) in [6.45, 7) is 4.45. The number of halogens is 5. The number of hydrogen-bond acceptors (Lipinski definition) is 10. The number of pyridine rings is 1. The van der Waals surface area contributed by atoms with Crippen molar-refractivity contribution in [2.45, 2.75) is 113 Å². The van der Waals surface area contributed by atoms with Gasteiger partial charge in [-0.15, -0.1) is 0 Å². The van der Waals surface area contributed by atoms with Gasteiger partial charge in [0.05, 0.1) is 13.7 Å². The lowest BCUT2D eigenvalue weighted by Gasteiger charge is -2.34. The van der Waals surface area contributed by atoms with E-state index >= 15 is 0 Å². The molecule has 1 aromatic heterocycles. The normalized spacial score (nSPS) is 29.4. The summed E-state index contributed by atoms with van der Waals surface area (Å²) < 4.78 is 114. The Labute approximate surface area is 331 Å². The molecule has 7 atom stereocenters. The van der Waals surface area contributed by atoms with E-state index in [9.17, 15) is 49.5 Å². The predicted molar refractivity (Wildman–Crippen MR) is 197 cm³/mol. The van der Waals surface area contributed by atoms with Crippen molar-refractivity contribution in [2.75, 3.05) is 13.7 Å². The van der Waals surface area contributed by atoms with Crippen LogP contribution in [-0.4, -0.2) is 96.3 Å². The molecule has 318 valence electrons. The fraction of sp³-hybridized carbons (Fsp3) is 0.605. The zero-order chi connectivity index (χ0) is 42.6. The van der Waals surface area contributed by atoms with Crippen LogP contribution in [0.5, 0.6) is 11.6 Å². The number of carbonyl (C=O) groups excluding carboxylic acids is 4. The van der Waals surface area contributed by atoms with Crippen LogP contribution in [-0.2, 0) is 29.1 Å². The third-order valence-corrected chi connectivity index (χ3v) is 13.2. The number of rotatable bonds is 8. The second-order valence-electron chi connectivity index (χ2n) is 16.2. The molecule has 58 heavy (non-hydrogen) atoms. The number of ether oxygens (including phenoxy) is 3. The Kier molecular flexibility index (Phi) is 11.4.